The molecule has 0 saturated carbocycles. The Labute approximate surface area is 275 Å². The van der Waals surface area contributed by atoms with Crippen LogP contribution in [0.1, 0.15) is 59.4 Å². The molecule has 0 aliphatic heterocycles. The molecule has 230 valence electrons. The second-order valence-corrected chi connectivity index (χ2v) is 14.7. The van der Waals surface area contributed by atoms with Crippen molar-refractivity contribution in [2.45, 2.75) is 53.9 Å². The van der Waals surface area contributed by atoms with Crippen LogP contribution in [0.3, 0.4) is 0 Å². The topological polar surface area (TPSA) is 25.8 Å². The smallest absolute Gasteiger partial charge is 0.0346 e. The average molecular weight is 601 g/mol. The summed E-state index contributed by atoms with van der Waals surface area (Å²) in [5.74, 6) is 0.486. The zero-order valence-corrected chi connectivity index (χ0v) is 28.0. The lowest BCUT2D eigenvalue weighted by molar-refractivity contribution is 0.229. The third kappa shape index (κ3) is 7.35. The van der Waals surface area contributed by atoms with Gasteiger partial charge in [-0.1, -0.05) is 126 Å². The molecule has 2 aromatic heterocycles. The first-order valence-electron chi connectivity index (χ1n) is 16.3. The predicted octanol–water partition coefficient (Wildman–Crippen LogP) is 12.4. The lowest BCUT2D eigenvalue weighted by Gasteiger charge is -2.36. The third-order valence-electron chi connectivity index (χ3n) is 8.87. The van der Waals surface area contributed by atoms with E-state index in [-0.39, 0.29) is 10.8 Å². The Balaban J connectivity index is 1.40. The van der Waals surface area contributed by atoms with Crippen LogP contribution in [0.15, 0.2) is 140 Å². The molecule has 46 heavy (non-hydrogen) atoms. The highest BCUT2D eigenvalue weighted by atomic mass is 14.6. The van der Waals surface area contributed by atoms with Crippen LogP contribution in [-0.4, -0.2) is 9.97 Å². The Hall–Kier alpha value is -4.82. The molecule has 0 saturated heterocycles. The van der Waals surface area contributed by atoms with Gasteiger partial charge in [-0.25, -0.2) is 0 Å². The van der Waals surface area contributed by atoms with Crippen LogP contribution in [-0.2, 0) is 0 Å². The summed E-state index contributed by atoms with van der Waals surface area (Å²) in [6.45, 7) is 14.1. The SMILES string of the molecule is CC(C)(C)CC(c1ccc(-c2cc(-c3ccc(-c4cccnc4)cc3)cc(-c3ccc(-c4cccnc4)cc3)c2)cc1)C(C)(C)C. The molecule has 0 aliphatic carbocycles. The number of hydrogen-bond acceptors (Lipinski definition) is 2. The van der Waals surface area contributed by atoms with Gasteiger partial charge in [-0.15, -0.1) is 0 Å². The lowest BCUT2D eigenvalue weighted by atomic mass is 9.69. The first-order chi connectivity index (χ1) is 22.0. The van der Waals surface area contributed by atoms with Crippen molar-refractivity contribution in [2.24, 2.45) is 10.8 Å². The van der Waals surface area contributed by atoms with Crippen LogP contribution in [0.4, 0.5) is 0 Å². The first-order valence-corrected chi connectivity index (χ1v) is 16.3. The number of nitrogens with zero attached hydrogens (tertiary/aromatic N) is 2. The fraction of sp³-hybridized carbons (Fsp3) is 0.227. The van der Waals surface area contributed by atoms with E-state index < -0.39 is 0 Å². The van der Waals surface area contributed by atoms with Gasteiger partial charge < -0.3 is 0 Å². The molecule has 2 heteroatoms. The fourth-order valence-electron chi connectivity index (χ4n) is 6.35. The Morgan fingerprint density at radius 1 is 0.435 bits per heavy atom. The van der Waals surface area contributed by atoms with Crippen LogP contribution < -0.4 is 0 Å². The van der Waals surface area contributed by atoms with Gasteiger partial charge in [-0.3, -0.25) is 9.97 Å². The normalized spacial score (nSPS) is 12.6. The molecule has 1 atom stereocenters. The Morgan fingerprint density at radius 3 is 1.09 bits per heavy atom. The molecule has 6 rings (SSSR count). The zero-order chi connectivity index (χ0) is 32.3. The molecular formula is C44H44N2. The number of aromatic nitrogens is 2. The third-order valence-corrected chi connectivity index (χ3v) is 8.87. The minimum atomic E-state index is 0.186. The second kappa shape index (κ2) is 12.9. The summed E-state index contributed by atoms with van der Waals surface area (Å²) in [5.41, 5.74) is 13.7. The van der Waals surface area contributed by atoms with Crippen LogP contribution in [0.2, 0.25) is 0 Å². The van der Waals surface area contributed by atoms with Crippen molar-refractivity contribution < 1.29 is 0 Å². The largest absolute Gasteiger partial charge is 0.264 e. The monoisotopic (exact) mass is 600 g/mol. The van der Waals surface area contributed by atoms with E-state index in [9.17, 15) is 0 Å². The summed E-state index contributed by atoms with van der Waals surface area (Å²) in [7, 11) is 0. The van der Waals surface area contributed by atoms with Gasteiger partial charge in [0.25, 0.3) is 0 Å². The van der Waals surface area contributed by atoms with E-state index >= 15 is 0 Å². The quantitative estimate of drug-likeness (QED) is 0.182. The highest BCUT2D eigenvalue weighted by Crippen LogP contribution is 2.44. The summed E-state index contributed by atoms with van der Waals surface area (Å²) in [4.78, 5) is 8.60. The molecule has 6 aromatic rings. The summed E-state index contributed by atoms with van der Waals surface area (Å²) in [5, 5.41) is 0. The van der Waals surface area contributed by atoms with Crippen molar-refractivity contribution in [1.29, 1.82) is 0 Å². The van der Waals surface area contributed by atoms with Crippen molar-refractivity contribution in [1.82, 2.24) is 9.97 Å². The molecule has 0 bridgehead atoms. The van der Waals surface area contributed by atoms with E-state index in [0.29, 0.717) is 5.92 Å². The molecule has 2 heterocycles. The van der Waals surface area contributed by atoms with Crippen molar-refractivity contribution in [2.75, 3.05) is 0 Å². The molecule has 2 nitrogen and oxygen atoms in total. The average Bonchev–Trinajstić information content (AvgIpc) is 3.07. The lowest BCUT2D eigenvalue weighted by Crippen LogP contribution is -2.23. The highest BCUT2D eigenvalue weighted by molar-refractivity contribution is 5.82. The van der Waals surface area contributed by atoms with Gasteiger partial charge in [-0.05, 0) is 115 Å². The van der Waals surface area contributed by atoms with Gasteiger partial charge in [0.05, 0.1) is 0 Å². The summed E-state index contributed by atoms with van der Waals surface area (Å²) < 4.78 is 0. The van der Waals surface area contributed by atoms with Crippen molar-refractivity contribution in [3.8, 4) is 55.6 Å². The van der Waals surface area contributed by atoms with Gasteiger partial charge in [-0.2, -0.15) is 0 Å². The van der Waals surface area contributed by atoms with Crippen LogP contribution in [0, 0.1) is 10.8 Å². The number of pyridine rings is 2. The van der Waals surface area contributed by atoms with Gasteiger partial charge in [0, 0.05) is 24.8 Å². The fourth-order valence-corrected chi connectivity index (χ4v) is 6.35. The van der Waals surface area contributed by atoms with Crippen molar-refractivity contribution in [3.63, 3.8) is 0 Å². The molecule has 0 fully saturated rings. The second-order valence-electron chi connectivity index (χ2n) is 14.7. The molecule has 0 radical (unpaired) electrons. The summed E-state index contributed by atoms with van der Waals surface area (Å²) >= 11 is 0. The van der Waals surface area contributed by atoms with E-state index in [1.807, 2.05) is 36.9 Å². The Morgan fingerprint density at radius 2 is 0.783 bits per heavy atom. The molecule has 0 amide bonds. The van der Waals surface area contributed by atoms with E-state index in [0.717, 1.165) is 17.5 Å². The predicted molar refractivity (Wildman–Crippen MR) is 195 cm³/mol. The zero-order valence-electron chi connectivity index (χ0n) is 28.0. The maximum Gasteiger partial charge on any atom is 0.0346 e. The van der Waals surface area contributed by atoms with Gasteiger partial charge in [0.15, 0.2) is 0 Å². The first kappa shape index (κ1) is 31.2. The molecule has 0 aliphatic rings. The van der Waals surface area contributed by atoms with Crippen molar-refractivity contribution >= 4 is 0 Å². The van der Waals surface area contributed by atoms with Gasteiger partial charge in [0.2, 0.25) is 0 Å². The standard InChI is InChI=1S/C44H44N2/c1-43(2,3)28-42(44(4,5)6)36-21-19-35(20-22-36)41-26-39(33-15-11-31(12-16-33)37-9-7-23-45-29-37)25-40(27-41)34-17-13-32(14-18-34)38-10-8-24-46-30-38/h7-27,29-30,42H,28H2,1-6H3. The summed E-state index contributed by atoms with van der Waals surface area (Å²) in [6.07, 6.45) is 8.61. The molecular weight excluding hydrogens is 556 g/mol. The van der Waals surface area contributed by atoms with Gasteiger partial charge in [0.1, 0.15) is 0 Å². The van der Waals surface area contributed by atoms with E-state index in [4.69, 9.17) is 0 Å². The molecule has 1 unspecified atom stereocenters. The van der Waals surface area contributed by atoms with E-state index in [1.54, 1.807) is 0 Å². The van der Waals surface area contributed by atoms with E-state index in [2.05, 4.69) is 155 Å². The van der Waals surface area contributed by atoms with Crippen LogP contribution in [0.25, 0.3) is 55.6 Å². The Kier molecular flexibility index (Phi) is 8.73. The van der Waals surface area contributed by atoms with Crippen LogP contribution >= 0.6 is 0 Å². The number of benzene rings is 4. The van der Waals surface area contributed by atoms with E-state index in [1.165, 1.54) is 50.1 Å². The maximum atomic E-state index is 4.30. The van der Waals surface area contributed by atoms with Gasteiger partial charge >= 0.3 is 0 Å². The minimum absolute atomic E-state index is 0.186. The highest BCUT2D eigenvalue weighted by Gasteiger charge is 2.30. The minimum Gasteiger partial charge on any atom is -0.264 e. The molecule has 4 aromatic carbocycles. The summed E-state index contributed by atoms with van der Waals surface area (Å²) in [6, 6.07) is 42.2. The van der Waals surface area contributed by atoms with Crippen LogP contribution in [0.5, 0.6) is 0 Å². The molecule has 0 spiro atoms. The number of rotatable bonds is 7. The number of hydrogen-bond donors (Lipinski definition) is 0. The van der Waals surface area contributed by atoms with Crippen molar-refractivity contribution in [3.05, 3.63) is 146 Å². The maximum absolute atomic E-state index is 4.30. The Bertz CT molecular complexity index is 1770. The molecule has 0 N–H and O–H groups in total.